The van der Waals surface area contributed by atoms with Gasteiger partial charge in [0.1, 0.15) is 5.82 Å². The first kappa shape index (κ1) is 21.0. The summed E-state index contributed by atoms with van der Waals surface area (Å²) in [6.07, 6.45) is -0.685. The maximum absolute atomic E-state index is 14.5. The fraction of sp³-hybridized carbons (Fsp3) is 0.304. The summed E-state index contributed by atoms with van der Waals surface area (Å²) in [6, 6.07) is 9.79. The number of carboxylic acid groups (broad SMARTS) is 1. The van der Waals surface area contributed by atoms with E-state index in [4.69, 9.17) is 4.74 Å². The Labute approximate surface area is 177 Å². The van der Waals surface area contributed by atoms with Gasteiger partial charge in [0.25, 0.3) is 0 Å². The van der Waals surface area contributed by atoms with Crippen LogP contribution in [0, 0.1) is 5.82 Å². The molecule has 0 aliphatic rings. The van der Waals surface area contributed by atoms with Crippen LogP contribution in [0.2, 0.25) is 0 Å². The molecule has 4 aromatic rings. The number of H-pyrrole nitrogens is 1. The Bertz CT molecular complexity index is 1260. The van der Waals surface area contributed by atoms with Crippen LogP contribution in [-0.4, -0.2) is 45.7 Å². The third-order valence-corrected chi connectivity index (χ3v) is 5.51. The zero-order chi connectivity index (χ0) is 22.3. The first-order valence-corrected chi connectivity index (χ1v) is 9.85. The molecule has 0 bridgehead atoms. The predicted molar refractivity (Wildman–Crippen MR) is 114 cm³/mol. The van der Waals surface area contributed by atoms with E-state index in [1.54, 1.807) is 25.4 Å². The largest absolute Gasteiger partial charge is 0.479 e. The number of benzene rings is 2. The Hall–Kier alpha value is -3.26. The molecule has 1 atom stereocenters. The van der Waals surface area contributed by atoms with E-state index in [1.807, 2.05) is 30.5 Å². The number of aromatic amines is 1. The van der Waals surface area contributed by atoms with Crippen LogP contribution < -0.4 is 0 Å². The van der Waals surface area contributed by atoms with Crippen LogP contribution in [0.25, 0.3) is 27.5 Å². The van der Waals surface area contributed by atoms with Gasteiger partial charge in [-0.05, 0) is 42.0 Å². The normalized spacial score (nSPS) is 13.2. The molecule has 162 valence electrons. The van der Waals surface area contributed by atoms with Gasteiger partial charge in [-0.2, -0.15) is 5.10 Å². The molecule has 4 rings (SSSR count). The SMILES string of the molecule is COCC(C)(C)c1c(C[C@@H](F)C(=O)O)c2cc3[nH]ncc3cc2n1-c1ccc(F)cc1. The van der Waals surface area contributed by atoms with Crippen molar-refractivity contribution in [3.63, 3.8) is 0 Å². The highest BCUT2D eigenvalue weighted by molar-refractivity contribution is 5.99. The molecule has 0 unspecified atom stereocenters. The Morgan fingerprint density at radius 2 is 2.00 bits per heavy atom. The number of hydrogen-bond donors (Lipinski definition) is 2. The van der Waals surface area contributed by atoms with E-state index in [9.17, 15) is 18.7 Å². The highest BCUT2D eigenvalue weighted by Crippen LogP contribution is 2.39. The maximum Gasteiger partial charge on any atom is 0.338 e. The topological polar surface area (TPSA) is 80.1 Å². The van der Waals surface area contributed by atoms with Gasteiger partial charge in [0.15, 0.2) is 0 Å². The number of fused-ring (bicyclic) bond motifs is 2. The summed E-state index contributed by atoms with van der Waals surface area (Å²) in [4.78, 5) is 11.3. The minimum Gasteiger partial charge on any atom is -0.479 e. The molecule has 8 heteroatoms. The number of hydrogen-bond acceptors (Lipinski definition) is 3. The molecule has 0 amide bonds. The molecular weight excluding hydrogens is 404 g/mol. The Morgan fingerprint density at radius 1 is 1.29 bits per heavy atom. The maximum atomic E-state index is 14.5. The van der Waals surface area contributed by atoms with E-state index in [2.05, 4.69) is 10.2 Å². The lowest BCUT2D eigenvalue weighted by Gasteiger charge is -2.28. The summed E-state index contributed by atoms with van der Waals surface area (Å²) in [5.74, 6) is -1.88. The first-order chi connectivity index (χ1) is 14.7. The van der Waals surface area contributed by atoms with Gasteiger partial charge in [-0.15, -0.1) is 0 Å². The van der Waals surface area contributed by atoms with Crippen molar-refractivity contribution in [1.29, 1.82) is 0 Å². The molecular formula is C23H23F2N3O3. The Kier molecular flexibility index (Phi) is 5.26. The molecule has 0 saturated carbocycles. The van der Waals surface area contributed by atoms with Crippen LogP contribution in [-0.2, 0) is 21.4 Å². The molecule has 0 spiro atoms. The second kappa shape index (κ2) is 7.77. The van der Waals surface area contributed by atoms with Crippen LogP contribution in [0.5, 0.6) is 0 Å². The first-order valence-electron chi connectivity index (χ1n) is 9.85. The van der Waals surface area contributed by atoms with Crippen molar-refractivity contribution in [3.8, 4) is 5.69 Å². The number of rotatable bonds is 7. The summed E-state index contributed by atoms with van der Waals surface area (Å²) in [6.45, 7) is 4.23. The van der Waals surface area contributed by atoms with Gasteiger partial charge < -0.3 is 14.4 Å². The molecule has 0 fully saturated rings. The molecule has 0 aliphatic carbocycles. The zero-order valence-electron chi connectivity index (χ0n) is 17.4. The quantitative estimate of drug-likeness (QED) is 0.454. The number of carbonyl (C=O) groups is 1. The fourth-order valence-electron chi connectivity index (χ4n) is 4.26. The standard InChI is InChI=1S/C23H23F2N3O3/c1-23(2,12-31-3)21-17(9-18(25)22(29)30)16-10-19-13(11-26-27-19)8-20(16)28(21)15-6-4-14(24)5-7-15/h4-8,10-11,18H,9,12H2,1-3H3,(H,26,27)(H,29,30)/t18-/m1/s1. The minimum absolute atomic E-state index is 0.303. The van der Waals surface area contributed by atoms with Gasteiger partial charge in [-0.3, -0.25) is 5.10 Å². The van der Waals surface area contributed by atoms with Gasteiger partial charge in [0.2, 0.25) is 6.17 Å². The summed E-state index contributed by atoms with van der Waals surface area (Å²) >= 11 is 0. The molecule has 2 aromatic heterocycles. The number of ether oxygens (including phenoxy) is 1. The lowest BCUT2D eigenvalue weighted by molar-refractivity contribution is -0.142. The highest BCUT2D eigenvalue weighted by atomic mass is 19.1. The van der Waals surface area contributed by atoms with E-state index in [1.165, 1.54) is 12.1 Å². The molecule has 0 saturated heterocycles. The third-order valence-electron chi connectivity index (χ3n) is 5.51. The van der Waals surface area contributed by atoms with Crippen molar-refractivity contribution in [2.45, 2.75) is 31.9 Å². The van der Waals surface area contributed by atoms with Crippen molar-refractivity contribution in [3.05, 3.63) is 59.7 Å². The highest BCUT2D eigenvalue weighted by Gasteiger charge is 2.33. The molecule has 2 heterocycles. The lowest BCUT2D eigenvalue weighted by atomic mass is 9.85. The summed E-state index contributed by atoms with van der Waals surface area (Å²) in [5, 5.41) is 17.8. The third kappa shape index (κ3) is 3.67. The van der Waals surface area contributed by atoms with Gasteiger partial charge >= 0.3 is 5.97 Å². The van der Waals surface area contributed by atoms with Crippen LogP contribution in [0.3, 0.4) is 0 Å². The van der Waals surface area contributed by atoms with E-state index < -0.39 is 17.6 Å². The second-order valence-corrected chi connectivity index (χ2v) is 8.29. The van der Waals surface area contributed by atoms with E-state index in [-0.39, 0.29) is 12.2 Å². The van der Waals surface area contributed by atoms with Crippen molar-refractivity contribution < 1.29 is 23.4 Å². The Balaban J connectivity index is 2.12. The summed E-state index contributed by atoms with van der Waals surface area (Å²) in [7, 11) is 1.58. The number of aliphatic carboxylic acids is 1. The van der Waals surface area contributed by atoms with Crippen molar-refractivity contribution in [2.24, 2.45) is 0 Å². The number of aromatic nitrogens is 3. The number of halogens is 2. The predicted octanol–water partition coefficient (Wildman–Crippen LogP) is 4.54. The minimum atomic E-state index is -2.07. The number of alkyl halides is 1. The second-order valence-electron chi connectivity index (χ2n) is 8.29. The van der Waals surface area contributed by atoms with Gasteiger partial charge in [0, 0.05) is 41.1 Å². The molecule has 2 N–H and O–H groups in total. The van der Waals surface area contributed by atoms with Gasteiger partial charge in [-0.25, -0.2) is 13.6 Å². The van der Waals surface area contributed by atoms with Crippen molar-refractivity contribution >= 4 is 27.8 Å². The number of carboxylic acids is 1. The molecule has 0 radical (unpaired) electrons. The average molecular weight is 427 g/mol. The van der Waals surface area contributed by atoms with Crippen molar-refractivity contribution in [1.82, 2.24) is 14.8 Å². The number of nitrogens with one attached hydrogen (secondary N) is 1. The van der Waals surface area contributed by atoms with E-state index >= 15 is 0 Å². The van der Waals surface area contributed by atoms with Crippen LogP contribution in [0.1, 0.15) is 25.1 Å². The monoisotopic (exact) mass is 427 g/mol. The van der Waals surface area contributed by atoms with Gasteiger partial charge in [0.05, 0.1) is 23.8 Å². The average Bonchev–Trinajstić information content (AvgIpc) is 3.29. The smallest absolute Gasteiger partial charge is 0.338 e. The summed E-state index contributed by atoms with van der Waals surface area (Å²) in [5.41, 5.74) is 2.90. The number of methoxy groups -OCH3 is 1. The lowest BCUT2D eigenvalue weighted by Crippen LogP contribution is -2.29. The van der Waals surface area contributed by atoms with Crippen LogP contribution in [0.15, 0.2) is 42.6 Å². The number of nitrogens with zero attached hydrogens (tertiary/aromatic N) is 2. The molecule has 6 nitrogen and oxygen atoms in total. The zero-order valence-corrected chi connectivity index (χ0v) is 17.4. The van der Waals surface area contributed by atoms with E-state index in [0.717, 1.165) is 22.1 Å². The molecule has 0 aliphatic heterocycles. The van der Waals surface area contributed by atoms with E-state index in [0.29, 0.717) is 23.2 Å². The summed E-state index contributed by atoms with van der Waals surface area (Å²) < 4.78 is 35.5. The van der Waals surface area contributed by atoms with Gasteiger partial charge in [-0.1, -0.05) is 13.8 Å². The van der Waals surface area contributed by atoms with Crippen molar-refractivity contribution in [2.75, 3.05) is 13.7 Å². The van der Waals surface area contributed by atoms with Crippen LogP contribution >= 0.6 is 0 Å². The van der Waals surface area contributed by atoms with Crippen LogP contribution in [0.4, 0.5) is 8.78 Å². The fourth-order valence-corrected chi connectivity index (χ4v) is 4.26. The Morgan fingerprint density at radius 3 is 2.65 bits per heavy atom. The molecule has 2 aromatic carbocycles. The molecule has 31 heavy (non-hydrogen) atoms.